The first-order chi connectivity index (χ1) is 18.8. The Labute approximate surface area is 227 Å². The maximum absolute atomic E-state index is 13.4. The number of fused-ring (bicyclic) bond motifs is 2. The highest BCUT2D eigenvalue weighted by atomic mass is 16.2. The number of hydrogen-bond donors (Lipinski definition) is 3. The van der Waals surface area contributed by atoms with Crippen molar-refractivity contribution in [1.29, 1.82) is 0 Å². The fourth-order valence-electron chi connectivity index (χ4n) is 7.45. The number of hydrogen-bond acceptors (Lipinski definition) is 4. The lowest BCUT2D eigenvalue weighted by atomic mass is 9.60. The zero-order chi connectivity index (χ0) is 26.7. The molecular formula is C32H33N5O2. The van der Waals surface area contributed by atoms with Crippen molar-refractivity contribution >= 4 is 34.4 Å². The minimum atomic E-state index is -0.285. The van der Waals surface area contributed by atoms with Crippen LogP contribution in [0.15, 0.2) is 60.8 Å². The van der Waals surface area contributed by atoms with Gasteiger partial charge in [-0.3, -0.25) is 9.59 Å². The summed E-state index contributed by atoms with van der Waals surface area (Å²) in [5.41, 5.74) is 4.55. The number of aryl methyl sites for hydroxylation is 1. The molecule has 2 bridgehead atoms. The van der Waals surface area contributed by atoms with Gasteiger partial charge in [0, 0.05) is 28.4 Å². The van der Waals surface area contributed by atoms with Crippen molar-refractivity contribution in [3.05, 3.63) is 71.9 Å². The number of nitrogens with zero attached hydrogens (tertiary/aromatic N) is 2. The van der Waals surface area contributed by atoms with Crippen LogP contribution in [0.3, 0.4) is 0 Å². The lowest BCUT2D eigenvalue weighted by molar-refractivity contribution is -0.128. The molecule has 2 aromatic heterocycles. The molecule has 7 nitrogen and oxygen atoms in total. The van der Waals surface area contributed by atoms with Crippen molar-refractivity contribution in [1.82, 2.24) is 15.0 Å². The van der Waals surface area contributed by atoms with Crippen LogP contribution in [0.5, 0.6) is 0 Å². The smallest absolute Gasteiger partial charge is 0.256 e. The minimum Gasteiger partial charge on any atom is -0.338 e. The minimum absolute atomic E-state index is 0.154. The lowest BCUT2D eigenvalue weighted by Crippen LogP contribution is -2.42. The Morgan fingerprint density at radius 3 is 2.62 bits per heavy atom. The number of aromatic amines is 1. The van der Waals surface area contributed by atoms with Gasteiger partial charge in [-0.2, -0.15) is 0 Å². The Balaban J connectivity index is 1.04. The molecule has 3 aliphatic carbocycles. The second-order valence-electron chi connectivity index (χ2n) is 12.2. The van der Waals surface area contributed by atoms with Crippen LogP contribution in [-0.2, 0) is 4.79 Å². The van der Waals surface area contributed by atoms with E-state index in [1.807, 2.05) is 49.4 Å². The Morgan fingerprint density at radius 2 is 1.79 bits per heavy atom. The van der Waals surface area contributed by atoms with Crippen LogP contribution in [0.25, 0.3) is 22.4 Å². The van der Waals surface area contributed by atoms with Crippen molar-refractivity contribution in [2.24, 2.45) is 29.1 Å². The summed E-state index contributed by atoms with van der Waals surface area (Å²) >= 11 is 0. The van der Waals surface area contributed by atoms with E-state index in [0.717, 1.165) is 58.4 Å². The topological polar surface area (TPSA) is 99.8 Å². The van der Waals surface area contributed by atoms with Gasteiger partial charge in [-0.1, -0.05) is 6.92 Å². The van der Waals surface area contributed by atoms with Gasteiger partial charge in [-0.25, -0.2) is 9.97 Å². The number of carbonyl (C=O) groups is 2. The summed E-state index contributed by atoms with van der Waals surface area (Å²) in [6, 6.07) is 17.0. The van der Waals surface area contributed by atoms with E-state index in [1.54, 1.807) is 18.3 Å². The Bertz CT molecular complexity index is 1590. The molecule has 39 heavy (non-hydrogen) atoms. The molecule has 7 heteroatoms. The number of rotatable bonds is 5. The highest BCUT2D eigenvalue weighted by Gasteiger charge is 2.55. The fraction of sp³-hybridized carbons (Fsp3) is 0.375. The van der Waals surface area contributed by atoms with Gasteiger partial charge in [0.15, 0.2) is 0 Å². The normalized spacial score (nSPS) is 27.0. The number of pyridine rings is 1. The molecule has 198 valence electrons. The number of carbonyl (C=O) groups excluding carboxylic acids is 2. The van der Waals surface area contributed by atoms with Gasteiger partial charge in [0.05, 0.1) is 11.0 Å². The van der Waals surface area contributed by atoms with E-state index >= 15 is 0 Å². The molecular weight excluding hydrogens is 486 g/mol. The van der Waals surface area contributed by atoms with Crippen molar-refractivity contribution in [3.63, 3.8) is 0 Å². The molecule has 5 atom stereocenters. The monoisotopic (exact) mass is 519 g/mol. The fourth-order valence-corrected chi connectivity index (χ4v) is 7.45. The molecule has 2 unspecified atom stereocenters. The quantitative estimate of drug-likeness (QED) is 0.277. The molecule has 3 saturated carbocycles. The molecule has 7 rings (SSSR count). The van der Waals surface area contributed by atoms with E-state index in [4.69, 9.17) is 4.98 Å². The number of aromatic nitrogens is 3. The summed E-state index contributed by atoms with van der Waals surface area (Å²) in [6.45, 7) is 4.13. The third-order valence-electron chi connectivity index (χ3n) is 9.38. The van der Waals surface area contributed by atoms with Gasteiger partial charge in [0.25, 0.3) is 5.91 Å². The van der Waals surface area contributed by atoms with Crippen LogP contribution in [0, 0.1) is 36.0 Å². The van der Waals surface area contributed by atoms with Crippen LogP contribution in [0.1, 0.15) is 54.9 Å². The van der Waals surface area contributed by atoms with Gasteiger partial charge in [-0.15, -0.1) is 0 Å². The zero-order valence-corrected chi connectivity index (χ0v) is 22.3. The molecule has 0 spiro atoms. The highest BCUT2D eigenvalue weighted by molar-refractivity contribution is 6.05. The number of imidazole rings is 1. The lowest BCUT2D eigenvalue weighted by Gasteiger charge is -2.45. The second-order valence-corrected chi connectivity index (χ2v) is 12.2. The first kappa shape index (κ1) is 24.1. The predicted octanol–water partition coefficient (Wildman–Crippen LogP) is 6.59. The van der Waals surface area contributed by atoms with E-state index in [2.05, 4.69) is 27.5 Å². The molecule has 0 radical (unpaired) electrons. The van der Waals surface area contributed by atoms with Gasteiger partial charge < -0.3 is 15.6 Å². The Kier molecular flexibility index (Phi) is 5.58. The number of H-pyrrole nitrogens is 1. The summed E-state index contributed by atoms with van der Waals surface area (Å²) in [5, 5.41) is 6.05. The molecule has 0 aliphatic heterocycles. The summed E-state index contributed by atoms with van der Waals surface area (Å²) in [7, 11) is 0. The number of benzene rings is 2. The van der Waals surface area contributed by atoms with Crippen LogP contribution in [0.4, 0.5) is 11.5 Å². The average Bonchev–Trinajstić information content (AvgIpc) is 3.44. The highest BCUT2D eigenvalue weighted by Crippen LogP contribution is 2.62. The van der Waals surface area contributed by atoms with E-state index in [0.29, 0.717) is 23.1 Å². The second kappa shape index (κ2) is 9.04. The molecule has 2 amide bonds. The molecule has 3 fully saturated rings. The van der Waals surface area contributed by atoms with Crippen molar-refractivity contribution in [2.45, 2.75) is 46.0 Å². The average molecular weight is 520 g/mol. The van der Waals surface area contributed by atoms with Crippen molar-refractivity contribution < 1.29 is 9.59 Å². The third-order valence-corrected chi connectivity index (χ3v) is 9.38. The van der Waals surface area contributed by atoms with Gasteiger partial charge in [-0.05, 0) is 123 Å². The van der Waals surface area contributed by atoms with E-state index in [9.17, 15) is 9.59 Å². The van der Waals surface area contributed by atoms with Crippen molar-refractivity contribution in [3.8, 4) is 11.4 Å². The van der Waals surface area contributed by atoms with E-state index in [1.165, 1.54) is 19.3 Å². The Morgan fingerprint density at radius 1 is 0.949 bits per heavy atom. The number of anilines is 2. The van der Waals surface area contributed by atoms with E-state index < -0.39 is 0 Å². The molecule has 3 N–H and O–H groups in total. The van der Waals surface area contributed by atoms with Gasteiger partial charge in [0.2, 0.25) is 5.91 Å². The zero-order valence-electron chi connectivity index (χ0n) is 22.3. The molecule has 3 aliphatic rings. The van der Waals surface area contributed by atoms with Gasteiger partial charge >= 0.3 is 0 Å². The molecule has 2 aromatic carbocycles. The summed E-state index contributed by atoms with van der Waals surface area (Å²) < 4.78 is 0. The van der Waals surface area contributed by atoms with Crippen LogP contribution in [-0.4, -0.2) is 26.8 Å². The summed E-state index contributed by atoms with van der Waals surface area (Å²) in [4.78, 5) is 38.4. The van der Waals surface area contributed by atoms with Crippen LogP contribution in [0.2, 0.25) is 0 Å². The maximum Gasteiger partial charge on any atom is 0.256 e. The molecule has 4 aromatic rings. The third kappa shape index (κ3) is 4.40. The first-order valence-electron chi connectivity index (χ1n) is 14.0. The number of nitrogens with one attached hydrogen (secondary N) is 3. The first-order valence-corrected chi connectivity index (χ1v) is 14.0. The summed E-state index contributed by atoms with van der Waals surface area (Å²) in [6.07, 6.45) is 7.70. The van der Waals surface area contributed by atoms with E-state index in [-0.39, 0.29) is 17.2 Å². The van der Waals surface area contributed by atoms with Crippen molar-refractivity contribution in [2.75, 3.05) is 10.6 Å². The Hall–Kier alpha value is -4.00. The molecule has 2 heterocycles. The van der Waals surface area contributed by atoms with Crippen LogP contribution < -0.4 is 10.6 Å². The standard InChI is InChI=1S/C32H33N5O2/c1-18-9-10-33-28(11-18)37-30(38)21-5-8-26-27(15-21)36-29(35-26)20-3-6-24(7-4-20)34-31(39)32(2)16-19-12-22-14-23(17-32)25(22)13-19/h3-11,15,19,22-23,25H,12-14,16-17H2,1-2H3,(H,34,39)(H,35,36)(H,33,37,38)/t19-,22+,23-,25?,32?/m0/s1. The largest absolute Gasteiger partial charge is 0.338 e. The molecule has 0 saturated heterocycles. The SMILES string of the molecule is Cc1ccnc(NC(=O)c2ccc3nc(-c4ccc(NC(=O)C5(C)C[C@@H]6CC7[C@H](C6)C[C@H]7C5)cc4)[nH]c3c2)c1. The maximum atomic E-state index is 13.4. The number of amides is 2. The predicted molar refractivity (Wildman–Crippen MR) is 152 cm³/mol. The summed E-state index contributed by atoms with van der Waals surface area (Å²) in [5.74, 6) is 4.44. The van der Waals surface area contributed by atoms with Crippen LogP contribution >= 0.6 is 0 Å². The van der Waals surface area contributed by atoms with Gasteiger partial charge in [0.1, 0.15) is 11.6 Å².